The van der Waals surface area contributed by atoms with Crippen molar-refractivity contribution in [1.29, 1.82) is 0 Å². The molecule has 2 heterocycles. The topological polar surface area (TPSA) is 75.5 Å². The van der Waals surface area contributed by atoms with Crippen LogP contribution in [-0.2, 0) is 6.54 Å². The van der Waals surface area contributed by atoms with Gasteiger partial charge in [0, 0.05) is 24.3 Å². The quantitative estimate of drug-likeness (QED) is 0.714. The number of carbonyl (C=O) groups excluding carboxylic acids is 2. The Morgan fingerprint density at radius 1 is 1.07 bits per heavy atom. The first-order valence-electron chi connectivity index (χ1n) is 9.43. The molecule has 144 valence electrons. The van der Waals surface area contributed by atoms with Crippen LogP contribution in [0, 0.1) is 5.82 Å². The normalized spacial score (nSPS) is 14.3. The van der Waals surface area contributed by atoms with E-state index in [1.807, 2.05) is 0 Å². The minimum atomic E-state index is -0.452. The lowest BCUT2D eigenvalue weighted by molar-refractivity contribution is 0.0926. The molecule has 2 amide bonds. The summed E-state index contributed by atoms with van der Waals surface area (Å²) in [6.45, 7) is 0.0426. The second kappa shape index (κ2) is 7.80. The molecule has 1 saturated carbocycles. The first kappa shape index (κ1) is 18.2. The van der Waals surface area contributed by atoms with Crippen molar-refractivity contribution in [2.45, 2.75) is 38.3 Å². The Kier molecular flexibility index (Phi) is 5.06. The summed E-state index contributed by atoms with van der Waals surface area (Å²) in [7, 11) is 0. The predicted octanol–water partition coefficient (Wildman–Crippen LogP) is 3.08. The number of hydrogen-bond donors (Lipinski definition) is 2. The SMILES string of the molecule is O=C(NCc1ccccc1F)c1nc(C(=O)NC2CCCC2)n2ccccc12. The zero-order chi connectivity index (χ0) is 19.5. The summed E-state index contributed by atoms with van der Waals surface area (Å²) in [6, 6.07) is 11.7. The molecule has 2 N–H and O–H groups in total. The summed E-state index contributed by atoms with van der Waals surface area (Å²) in [6.07, 6.45) is 5.85. The lowest BCUT2D eigenvalue weighted by Crippen LogP contribution is -2.34. The molecular formula is C21H21FN4O2. The molecule has 0 saturated heterocycles. The number of nitrogens with one attached hydrogen (secondary N) is 2. The number of fused-ring (bicyclic) bond motifs is 1. The van der Waals surface area contributed by atoms with Crippen molar-refractivity contribution in [2.24, 2.45) is 0 Å². The molecule has 0 bridgehead atoms. The van der Waals surface area contributed by atoms with Gasteiger partial charge in [-0.2, -0.15) is 0 Å². The molecule has 6 nitrogen and oxygen atoms in total. The van der Waals surface area contributed by atoms with E-state index in [2.05, 4.69) is 15.6 Å². The van der Waals surface area contributed by atoms with Crippen molar-refractivity contribution in [3.05, 3.63) is 71.6 Å². The zero-order valence-corrected chi connectivity index (χ0v) is 15.3. The molecule has 0 aliphatic heterocycles. The largest absolute Gasteiger partial charge is 0.347 e. The maximum Gasteiger partial charge on any atom is 0.287 e. The maximum atomic E-state index is 13.8. The number of nitrogens with zero attached hydrogens (tertiary/aromatic N) is 2. The van der Waals surface area contributed by atoms with Gasteiger partial charge in [-0.3, -0.25) is 14.0 Å². The summed E-state index contributed by atoms with van der Waals surface area (Å²) in [4.78, 5) is 29.7. The molecule has 1 fully saturated rings. The van der Waals surface area contributed by atoms with E-state index >= 15 is 0 Å². The van der Waals surface area contributed by atoms with Crippen molar-refractivity contribution in [2.75, 3.05) is 0 Å². The van der Waals surface area contributed by atoms with Crippen LogP contribution in [0.5, 0.6) is 0 Å². The number of rotatable bonds is 5. The second-order valence-corrected chi connectivity index (χ2v) is 6.97. The van der Waals surface area contributed by atoms with Crippen LogP contribution < -0.4 is 10.6 Å². The van der Waals surface area contributed by atoms with Gasteiger partial charge >= 0.3 is 0 Å². The first-order valence-corrected chi connectivity index (χ1v) is 9.43. The lowest BCUT2D eigenvalue weighted by atomic mass is 10.2. The molecular weight excluding hydrogens is 359 g/mol. The third-order valence-electron chi connectivity index (χ3n) is 5.05. The molecule has 3 aromatic rings. The van der Waals surface area contributed by atoms with Gasteiger partial charge in [0.05, 0.1) is 5.52 Å². The van der Waals surface area contributed by atoms with Crippen molar-refractivity contribution >= 4 is 17.3 Å². The van der Waals surface area contributed by atoms with E-state index in [1.54, 1.807) is 47.0 Å². The van der Waals surface area contributed by atoms with Gasteiger partial charge in [-0.05, 0) is 31.0 Å². The summed E-state index contributed by atoms with van der Waals surface area (Å²) >= 11 is 0. The standard InChI is InChI=1S/C21H21FN4O2/c22-16-10-4-1-7-14(16)13-23-20(27)18-17-11-5-6-12-26(17)19(25-18)21(28)24-15-8-2-3-9-15/h1,4-7,10-12,15H,2-3,8-9,13H2,(H,23,27)(H,24,28). The predicted molar refractivity (Wildman–Crippen MR) is 102 cm³/mol. The van der Waals surface area contributed by atoms with Crippen LogP contribution in [0.1, 0.15) is 52.4 Å². The van der Waals surface area contributed by atoms with Crippen LogP contribution in [0.25, 0.3) is 5.52 Å². The van der Waals surface area contributed by atoms with Crippen LogP contribution >= 0.6 is 0 Å². The van der Waals surface area contributed by atoms with E-state index in [9.17, 15) is 14.0 Å². The highest BCUT2D eigenvalue weighted by atomic mass is 19.1. The molecule has 1 aromatic carbocycles. The van der Waals surface area contributed by atoms with Crippen LogP contribution in [0.2, 0.25) is 0 Å². The maximum absolute atomic E-state index is 13.8. The highest BCUT2D eigenvalue weighted by Crippen LogP contribution is 2.19. The van der Waals surface area contributed by atoms with Gasteiger partial charge < -0.3 is 10.6 Å². The average Bonchev–Trinajstić information content (AvgIpc) is 3.35. The smallest absolute Gasteiger partial charge is 0.287 e. The van der Waals surface area contributed by atoms with Crippen molar-refractivity contribution in [3.8, 4) is 0 Å². The monoisotopic (exact) mass is 380 g/mol. The van der Waals surface area contributed by atoms with Gasteiger partial charge in [-0.25, -0.2) is 9.37 Å². The second-order valence-electron chi connectivity index (χ2n) is 6.97. The lowest BCUT2D eigenvalue weighted by Gasteiger charge is -2.10. The molecule has 4 rings (SSSR count). The van der Waals surface area contributed by atoms with Gasteiger partial charge in [0.15, 0.2) is 5.69 Å². The minimum absolute atomic E-state index is 0.0426. The van der Waals surface area contributed by atoms with Gasteiger partial charge in [0.1, 0.15) is 5.82 Å². The fourth-order valence-corrected chi connectivity index (χ4v) is 3.59. The fourth-order valence-electron chi connectivity index (χ4n) is 3.59. The van der Waals surface area contributed by atoms with E-state index in [4.69, 9.17) is 0 Å². The molecule has 0 spiro atoms. The molecule has 2 aromatic heterocycles. The van der Waals surface area contributed by atoms with Crippen LogP contribution in [0.3, 0.4) is 0 Å². The Balaban J connectivity index is 1.57. The third kappa shape index (κ3) is 3.60. The highest BCUT2D eigenvalue weighted by Gasteiger charge is 2.24. The van der Waals surface area contributed by atoms with Gasteiger partial charge in [-0.1, -0.05) is 37.1 Å². The van der Waals surface area contributed by atoms with Crippen LogP contribution in [-0.4, -0.2) is 27.2 Å². The molecule has 0 unspecified atom stereocenters. The first-order chi connectivity index (χ1) is 13.6. The number of imidazole rings is 1. The molecule has 0 radical (unpaired) electrons. The third-order valence-corrected chi connectivity index (χ3v) is 5.05. The number of benzene rings is 1. The van der Waals surface area contributed by atoms with E-state index in [-0.39, 0.29) is 35.8 Å². The number of pyridine rings is 1. The number of aromatic nitrogens is 2. The Bertz CT molecular complexity index is 1020. The van der Waals surface area contributed by atoms with Gasteiger partial charge in [-0.15, -0.1) is 0 Å². The van der Waals surface area contributed by atoms with Crippen molar-refractivity contribution < 1.29 is 14.0 Å². The number of halogens is 1. The van der Waals surface area contributed by atoms with Gasteiger partial charge in [0.25, 0.3) is 11.8 Å². The van der Waals surface area contributed by atoms with Crippen LogP contribution in [0.15, 0.2) is 48.7 Å². The molecule has 28 heavy (non-hydrogen) atoms. The Hall–Kier alpha value is -3.22. The summed E-state index contributed by atoms with van der Waals surface area (Å²) < 4.78 is 15.4. The number of carbonyl (C=O) groups is 2. The molecule has 1 aliphatic carbocycles. The average molecular weight is 380 g/mol. The summed E-state index contributed by atoms with van der Waals surface area (Å²) in [5.41, 5.74) is 1.07. The Morgan fingerprint density at radius 2 is 1.82 bits per heavy atom. The Labute approximate surface area is 161 Å². The number of hydrogen-bond acceptors (Lipinski definition) is 3. The molecule has 1 aliphatic rings. The molecule has 7 heteroatoms. The van der Waals surface area contributed by atoms with E-state index in [0.29, 0.717) is 11.1 Å². The minimum Gasteiger partial charge on any atom is -0.347 e. The van der Waals surface area contributed by atoms with E-state index in [0.717, 1.165) is 25.7 Å². The summed E-state index contributed by atoms with van der Waals surface area (Å²) in [5.74, 6) is -0.944. The van der Waals surface area contributed by atoms with Crippen molar-refractivity contribution in [1.82, 2.24) is 20.0 Å². The summed E-state index contributed by atoms with van der Waals surface area (Å²) in [5, 5.41) is 5.69. The van der Waals surface area contributed by atoms with Gasteiger partial charge in [0.2, 0.25) is 5.82 Å². The van der Waals surface area contributed by atoms with E-state index < -0.39 is 5.91 Å². The van der Waals surface area contributed by atoms with E-state index in [1.165, 1.54) is 6.07 Å². The zero-order valence-electron chi connectivity index (χ0n) is 15.3. The molecule has 0 atom stereocenters. The fraction of sp³-hybridized carbons (Fsp3) is 0.286. The Morgan fingerprint density at radius 3 is 2.61 bits per heavy atom. The number of amides is 2. The van der Waals surface area contributed by atoms with Crippen LogP contribution in [0.4, 0.5) is 4.39 Å². The highest BCUT2D eigenvalue weighted by molar-refractivity contribution is 6.02. The van der Waals surface area contributed by atoms with Crippen molar-refractivity contribution in [3.63, 3.8) is 0 Å².